The van der Waals surface area contributed by atoms with Crippen LogP contribution in [0.1, 0.15) is 51.4 Å². The zero-order chi connectivity index (χ0) is 16.2. The Labute approximate surface area is 143 Å². The summed E-state index contributed by atoms with van der Waals surface area (Å²) in [4.78, 5) is 25.7. The molecular weight excluding hydrogens is 310 g/mol. The van der Waals surface area contributed by atoms with Gasteiger partial charge in [-0.05, 0) is 56.3 Å². The summed E-state index contributed by atoms with van der Waals surface area (Å²) in [5.74, 6) is 3.95. The number of ether oxygens (including phenoxy) is 1. The molecule has 4 unspecified atom stereocenters. The average molecular weight is 340 g/mol. The molecule has 5 heteroatoms. The molecule has 1 heterocycles. The van der Waals surface area contributed by atoms with Crippen LogP contribution in [0.5, 0.6) is 0 Å². The molecule has 0 spiro atoms. The van der Waals surface area contributed by atoms with Gasteiger partial charge >= 0.3 is 5.97 Å². The highest BCUT2D eigenvalue weighted by atomic mass is 32.2. The van der Waals surface area contributed by atoms with E-state index in [2.05, 4.69) is 9.64 Å². The minimum Gasteiger partial charge on any atom is -0.468 e. The maximum absolute atomic E-state index is 12.5. The summed E-state index contributed by atoms with van der Waals surface area (Å²) >= 11 is 1.49. The fourth-order valence-electron chi connectivity index (χ4n) is 4.94. The summed E-state index contributed by atoms with van der Waals surface area (Å²) in [7, 11) is 1.40. The molecular formula is C18H29NO3S. The van der Waals surface area contributed by atoms with Crippen molar-refractivity contribution in [2.45, 2.75) is 57.4 Å². The number of carbonyl (C=O) groups excluding carboxylic acids is 2. The van der Waals surface area contributed by atoms with E-state index >= 15 is 0 Å². The summed E-state index contributed by atoms with van der Waals surface area (Å²) in [6.45, 7) is 0.936. The molecule has 1 saturated heterocycles. The highest BCUT2D eigenvalue weighted by Gasteiger charge is 2.41. The van der Waals surface area contributed by atoms with Crippen molar-refractivity contribution in [2.75, 3.05) is 25.2 Å². The lowest BCUT2D eigenvalue weighted by Gasteiger charge is -2.30. The Morgan fingerprint density at radius 3 is 2.78 bits per heavy atom. The molecule has 23 heavy (non-hydrogen) atoms. The minimum absolute atomic E-state index is 0.210. The molecule has 1 amide bonds. The number of nitrogens with zero attached hydrogens (tertiary/aromatic N) is 1. The van der Waals surface area contributed by atoms with Crippen LogP contribution in [0.25, 0.3) is 0 Å². The Morgan fingerprint density at radius 2 is 2.09 bits per heavy atom. The normalized spacial score (nSPS) is 32.5. The van der Waals surface area contributed by atoms with Crippen LogP contribution in [-0.4, -0.2) is 48.0 Å². The summed E-state index contributed by atoms with van der Waals surface area (Å²) < 4.78 is 4.62. The predicted molar refractivity (Wildman–Crippen MR) is 92.2 cm³/mol. The van der Waals surface area contributed by atoms with Gasteiger partial charge in [0.05, 0.1) is 12.9 Å². The number of hydrogen-bond acceptors (Lipinski definition) is 4. The Hall–Kier alpha value is -0.710. The number of rotatable bonds is 7. The van der Waals surface area contributed by atoms with Gasteiger partial charge in [0.25, 0.3) is 0 Å². The van der Waals surface area contributed by atoms with Crippen molar-refractivity contribution in [1.82, 2.24) is 4.90 Å². The standard InChI is InChI=1S/C18H29NO3S/c1-22-18(21)12-23-8-6-17(20)19-7-2-3-16(19)11-15-10-13-4-5-14(15)9-13/h13-16H,2-12H2,1H3. The van der Waals surface area contributed by atoms with E-state index in [-0.39, 0.29) is 11.9 Å². The minimum atomic E-state index is -0.210. The van der Waals surface area contributed by atoms with Gasteiger partial charge in [-0.25, -0.2) is 0 Å². The highest BCUT2D eigenvalue weighted by Crippen LogP contribution is 2.50. The largest absolute Gasteiger partial charge is 0.468 e. The van der Waals surface area contributed by atoms with E-state index in [1.165, 1.54) is 57.4 Å². The second kappa shape index (κ2) is 7.91. The summed E-state index contributed by atoms with van der Waals surface area (Å²) in [5.41, 5.74) is 0. The van der Waals surface area contributed by atoms with Crippen LogP contribution >= 0.6 is 11.8 Å². The lowest BCUT2D eigenvalue weighted by molar-refractivity contribution is -0.137. The number of amides is 1. The Balaban J connectivity index is 1.41. The van der Waals surface area contributed by atoms with Crippen LogP contribution in [0.3, 0.4) is 0 Å². The first kappa shape index (κ1) is 17.1. The molecule has 3 aliphatic rings. The topological polar surface area (TPSA) is 46.6 Å². The van der Waals surface area contributed by atoms with Crippen LogP contribution in [0, 0.1) is 17.8 Å². The third kappa shape index (κ3) is 4.23. The third-order valence-electron chi connectivity index (χ3n) is 6.06. The van der Waals surface area contributed by atoms with Crippen molar-refractivity contribution < 1.29 is 14.3 Å². The lowest BCUT2D eigenvalue weighted by Crippen LogP contribution is -2.37. The SMILES string of the molecule is COC(=O)CSCCC(=O)N1CCCC1CC1CC2CCC1C2. The molecule has 0 radical (unpaired) electrons. The number of hydrogen-bond donors (Lipinski definition) is 0. The number of likely N-dealkylation sites (tertiary alicyclic amines) is 1. The molecule has 0 aromatic rings. The van der Waals surface area contributed by atoms with Crippen molar-refractivity contribution in [3.63, 3.8) is 0 Å². The van der Waals surface area contributed by atoms with E-state index in [4.69, 9.17) is 0 Å². The van der Waals surface area contributed by atoms with Crippen LogP contribution in [0.15, 0.2) is 0 Å². The van der Waals surface area contributed by atoms with Gasteiger partial charge in [0, 0.05) is 24.8 Å². The van der Waals surface area contributed by atoms with E-state index in [1.807, 2.05) is 0 Å². The maximum atomic E-state index is 12.5. The van der Waals surface area contributed by atoms with Crippen LogP contribution < -0.4 is 0 Å². The van der Waals surface area contributed by atoms with E-state index < -0.39 is 0 Å². The maximum Gasteiger partial charge on any atom is 0.315 e. The van der Waals surface area contributed by atoms with E-state index in [1.54, 1.807) is 0 Å². The van der Waals surface area contributed by atoms with Gasteiger partial charge in [-0.3, -0.25) is 9.59 Å². The zero-order valence-corrected chi connectivity index (χ0v) is 15.0. The molecule has 3 fully saturated rings. The lowest BCUT2D eigenvalue weighted by atomic mass is 9.83. The van der Waals surface area contributed by atoms with Crippen molar-refractivity contribution in [3.8, 4) is 0 Å². The molecule has 2 saturated carbocycles. The van der Waals surface area contributed by atoms with E-state index in [9.17, 15) is 9.59 Å². The van der Waals surface area contributed by atoms with Crippen LogP contribution in [0.2, 0.25) is 0 Å². The van der Waals surface area contributed by atoms with Gasteiger partial charge in [0.2, 0.25) is 5.91 Å². The summed E-state index contributed by atoms with van der Waals surface area (Å²) in [5, 5.41) is 0. The van der Waals surface area contributed by atoms with Gasteiger partial charge < -0.3 is 9.64 Å². The molecule has 4 atom stereocenters. The first-order valence-electron chi connectivity index (χ1n) is 9.11. The summed E-state index contributed by atoms with van der Waals surface area (Å²) in [6.07, 6.45) is 9.89. The number of fused-ring (bicyclic) bond motifs is 2. The molecule has 2 aliphatic carbocycles. The van der Waals surface area contributed by atoms with Crippen molar-refractivity contribution >= 4 is 23.6 Å². The molecule has 2 bridgehead atoms. The average Bonchev–Trinajstić information content (AvgIpc) is 3.27. The predicted octanol–water partition coefficient (Wildman–Crippen LogP) is 3.10. The van der Waals surface area contributed by atoms with Gasteiger partial charge in [-0.2, -0.15) is 0 Å². The van der Waals surface area contributed by atoms with Crippen molar-refractivity contribution in [2.24, 2.45) is 17.8 Å². The quantitative estimate of drug-likeness (QED) is 0.528. The number of thioether (sulfide) groups is 1. The molecule has 0 N–H and O–H groups in total. The first-order chi connectivity index (χ1) is 11.2. The Bertz CT molecular complexity index is 442. The van der Waals surface area contributed by atoms with Gasteiger partial charge in [-0.15, -0.1) is 11.8 Å². The van der Waals surface area contributed by atoms with Crippen molar-refractivity contribution in [3.05, 3.63) is 0 Å². The van der Waals surface area contributed by atoms with E-state index in [0.29, 0.717) is 24.0 Å². The Morgan fingerprint density at radius 1 is 1.22 bits per heavy atom. The fourth-order valence-corrected chi connectivity index (χ4v) is 5.69. The zero-order valence-electron chi connectivity index (χ0n) is 14.2. The van der Waals surface area contributed by atoms with Crippen molar-refractivity contribution in [1.29, 1.82) is 0 Å². The summed E-state index contributed by atoms with van der Waals surface area (Å²) in [6, 6.07) is 0.484. The molecule has 0 aromatic carbocycles. The molecule has 4 nitrogen and oxygen atoms in total. The Kier molecular flexibility index (Phi) is 5.89. The number of esters is 1. The van der Waals surface area contributed by atoms with Gasteiger partial charge in [0.15, 0.2) is 0 Å². The fraction of sp³-hybridized carbons (Fsp3) is 0.889. The smallest absolute Gasteiger partial charge is 0.315 e. The second-order valence-electron chi connectivity index (χ2n) is 7.43. The second-order valence-corrected chi connectivity index (χ2v) is 8.54. The van der Waals surface area contributed by atoms with Gasteiger partial charge in [0.1, 0.15) is 0 Å². The third-order valence-corrected chi connectivity index (χ3v) is 7.00. The first-order valence-corrected chi connectivity index (χ1v) is 10.3. The molecule has 0 aromatic heterocycles. The highest BCUT2D eigenvalue weighted by molar-refractivity contribution is 7.99. The monoisotopic (exact) mass is 339 g/mol. The van der Waals surface area contributed by atoms with Crippen LogP contribution in [-0.2, 0) is 14.3 Å². The molecule has 3 rings (SSSR count). The molecule has 1 aliphatic heterocycles. The van der Waals surface area contributed by atoms with Crippen LogP contribution in [0.4, 0.5) is 0 Å². The number of carbonyl (C=O) groups is 2. The number of methoxy groups -OCH3 is 1. The van der Waals surface area contributed by atoms with E-state index in [0.717, 1.165) is 30.7 Å². The molecule has 130 valence electrons. The van der Waals surface area contributed by atoms with Gasteiger partial charge in [-0.1, -0.05) is 6.42 Å².